The van der Waals surface area contributed by atoms with Gasteiger partial charge in [-0.15, -0.1) is 0 Å². The maximum absolute atomic E-state index is 12.2. The number of hydrogen-bond donors (Lipinski definition) is 2. The second kappa shape index (κ2) is 8.83. The van der Waals surface area contributed by atoms with Gasteiger partial charge in [-0.3, -0.25) is 24.6 Å². The van der Waals surface area contributed by atoms with Gasteiger partial charge in [-0.1, -0.05) is 0 Å². The van der Waals surface area contributed by atoms with E-state index in [2.05, 4.69) is 5.32 Å². The maximum Gasteiger partial charge on any atom is 0.407 e. The normalized spacial score (nSPS) is 14.0. The van der Waals surface area contributed by atoms with Crippen molar-refractivity contribution in [3.05, 3.63) is 28.3 Å². The van der Waals surface area contributed by atoms with Crippen LogP contribution in [-0.2, 0) is 14.3 Å². The summed E-state index contributed by atoms with van der Waals surface area (Å²) < 4.78 is 4.79. The molecule has 0 radical (unpaired) electrons. The second-order valence-corrected chi connectivity index (χ2v) is 5.83. The monoisotopic (exact) mass is 380 g/mol. The molecule has 1 saturated heterocycles. The number of amides is 2. The summed E-state index contributed by atoms with van der Waals surface area (Å²) in [4.78, 5) is 46.9. The van der Waals surface area contributed by atoms with Crippen LogP contribution in [0.1, 0.15) is 13.3 Å². The molecule has 0 aromatic heterocycles. The van der Waals surface area contributed by atoms with E-state index in [1.807, 2.05) is 0 Å². The molecule has 1 aromatic carbocycles. The van der Waals surface area contributed by atoms with Crippen molar-refractivity contribution in [1.29, 1.82) is 0 Å². The van der Waals surface area contributed by atoms with Gasteiger partial charge >= 0.3 is 12.1 Å². The summed E-state index contributed by atoms with van der Waals surface area (Å²) in [7, 11) is 0. The molecule has 0 spiro atoms. The van der Waals surface area contributed by atoms with Gasteiger partial charge < -0.3 is 20.1 Å². The minimum Gasteiger partial charge on any atom is -0.466 e. The highest BCUT2D eigenvalue weighted by Crippen LogP contribution is 2.30. The van der Waals surface area contributed by atoms with Crippen LogP contribution < -0.4 is 10.2 Å². The summed E-state index contributed by atoms with van der Waals surface area (Å²) in [5, 5.41) is 23.2. The van der Waals surface area contributed by atoms with Crippen LogP contribution in [0, 0.1) is 10.1 Å². The number of rotatable bonds is 7. The van der Waals surface area contributed by atoms with Gasteiger partial charge in [-0.05, 0) is 18.6 Å². The van der Waals surface area contributed by atoms with Gasteiger partial charge in [0.05, 0.1) is 17.2 Å². The molecule has 1 aromatic rings. The second-order valence-electron chi connectivity index (χ2n) is 5.83. The molecule has 27 heavy (non-hydrogen) atoms. The van der Waals surface area contributed by atoms with Crippen molar-refractivity contribution in [1.82, 2.24) is 4.90 Å². The smallest absolute Gasteiger partial charge is 0.407 e. The lowest BCUT2D eigenvalue weighted by Gasteiger charge is -2.32. The van der Waals surface area contributed by atoms with Gasteiger partial charge in [0.15, 0.2) is 0 Å². The molecule has 2 amide bonds. The number of benzene rings is 1. The molecule has 0 saturated carbocycles. The van der Waals surface area contributed by atoms with Crippen molar-refractivity contribution in [2.24, 2.45) is 0 Å². The van der Waals surface area contributed by atoms with E-state index in [0.717, 1.165) is 4.90 Å². The van der Waals surface area contributed by atoms with Gasteiger partial charge in [0, 0.05) is 32.6 Å². The Labute approximate surface area is 154 Å². The fourth-order valence-electron chi connectivity index (χ4n) is 2.61. The Kier molecular flexibility index (Phi) is 6.52. The summed E-state index contributed by atoms with van der Waals surface area (Å²) in [6, 6.07) is 4.34. The van der Waals surface area contributed by atoms with Crippen molar-refractivity contribution >= 4 is 35.0 Å². The van der Waals surface area contributed by atoms with E-state index in [1.54, 1.807) is 6.07 Å². The number of hydrogen-bond acceptors (Lipinski definition) is 7. The van der Waals surface area contributed by atoms with E-state index < -0.39 is 22.9 Å². The molecule has 1 aliphatic rings. The topological polar surface area (TPSA) is 142 Å². The molecule has 1 heterocycles. The Balaban J connectivity index is 2.06. The van der Waals surface area contributed by atoms with Crippen molar-refractivity contribution < 1.29 is 29.2 Å². The standard InChI is InChI=1S/C16H20N4O7/c1-11(21)27-8-2-5-17-13-4-3-12(9-14(13)20(25)26)19-7-6-18(16(23)24)10-15(19)22/h3-4,9,17H,2,5-8,10H2,1H3,(H,23,24). The van der Waals surface area contributed by atoms with E-state index in [1.165, 1.54) is 24.0 Å². The molecule has 0 bridgehead atoms. The van der Waals surface area contributed by atoms with Gasteiger partial charge in [0.25, 0.3) is 5.69 Å². The third kappa shape index (κ3) is 5.30. The third-order valence-electron chi connectivity index (χ3n) is 3.92. The molecule has 0 aliphatic carbocycles. The van der Waals surface area contributed by atoms with Crippen molar-refractivity contribution in [2.45, 2.75) is 13.3 Å². The number of piperazine rings is 1. The van der Waals surface area contributed by atoms with E-state index in [9.17, 15) is 24.5 Å². The van der Waals surface area contributed by atoms with Crippen LogP contribution in [0.3, 0.4) is 0 Å². The molecule has 2 N–H and O–H groups in total. The third-order valence-corrected chi connectivity index (χ3v) is 3.92. The summed E-state index contributed by atoms with van der Waals surface area (Å²) in [6.45, 7) is 1.83. The van der Waals surface area contributed by atoms with Gasteiger partial charge in [0.2, 0.25) is 5.91 Å². The zero-order valence-electron chi connectivity index (χ0n) is 14.7. The summed E-state index contributed by atoms with van der Waals surface area (Å²) >= 11 is 0. The fourth-order valence-corrected chi connectivity index (χ4v) is 2.61. The average Bonchev–Trinajstić information content (AvgIpc) is 2.61. The lowest BCUT2D eigenvalue weighted by atomic mass is 10.2. The Morgan fingerprint density at radius 3 is 2.70 bits per heavy atom. The van der Waals surface area contributed by atoms with E-state index in [-0.39, 0.29) is 37.6 Å². The number of nitro benzene ring substituents is 1. The van der Waals surface area contributed by atoms with Gasteiger partial charge in [0.1, 0.15) is 12.2 Å². The van der Waals surface area contributed by atoms with Crippen LogP contribution >= 0.6 is 0 Å². The molecule has 11 nitrogen and oxygen atoms in total. The predicted molar refractivity (Wildman–Crippen MR) is 94.8 cm³/mol. The number of nitrogens with zero attached hydrogens (tertiary/aromatic N) is 3. The Hall–Kier alpha value is -3.37. The lowest BCUT2D eigenvalue weighted by molar-refractivity contribution is -0.383. The zero-order chi connectivity index (χ0) is 20.0. The SMILES string of the molecule is CC(=O)OCCCNc1ccc(N2CCN(C(=O)O)CC2=O)cc1[N+](=O)[O-]. The molecule has 1 fully saturated rings. The van der Waals surface area contributed by atoms with E-state index >= 15 is 0 Å². The molecular formula is C16H20N4O7. The number of nitrogens with one attached hydrogen (secondary N) is 1. The number of esters is 1. The molecule has 0 atom stereocenters. The summed E-state index contributed by atoms with van der Waals surface area (Å²) in [5.41, 5.74) is 0.416. The Bertz CT molecular complexity index is 752. The largest absolute Gasteiger partial charge is 0.466 e. The zero-order valence-corrected chi connectivity index (χ0v) is 14.7. The predicted octanol–water partition coefficient (Wildman–Crippen LogP) is 1.29. The molecule has 2 rings (SSSR count). The number of carbonyl (C=O) groups excluding carboxylic acids is 2. The number of carbonyl (C=O) groups is 3. The minimum absolute atomic E-state index is 0.122. The first-order valence-corrected chi connectivity index (χ1v) is 8.23. The highest BCUT2D eigenvalue weighted by Gasteiger charge is 2.29. The fraction of sp³-hybridized carbons (Fsp3) is 0.438. The highest BCUT2D eigenvalue weighted by atomic mass is 16.6. The van der Waals surface area contributed by atoms with Crippen molar-refractivity contribution in [2.75, 3.05) is 43.0 Å². The molecular weight excluding hydrogens is 360 g/mol. The summed E-state index contributed by atoms with van der Waals surface area (Å²) in [5.74, 6) is -0.835. The van der Waals surface area contributed by atoms with Crippen LogP contribution in [0.4, 0.5) is 21.9 Å². The number of nitro groups is 1. The van der Waals surface area contributed by atoms with Crippen LogP contribution in [-0.4, -0.2) is 65.7 Å². The Morgan fingerprint density at radius 1 is 1.37 bits per heavy atom. The van der Waals surface area contributed by atoms with Gasteiger partial charge in [-0.25, -0.2) is 4.79 Å². The van der Waals surface area contributed by atoms with Gasteiger partial charge in [-0.2, -0.15) is 0 Å². The van der Waals surface area contributed by atoms with E-state index in [4.69, 9.17) is 9.84 Å². The molecule has 146 valence electrons. The first kappa shape index (κ1) is 19.9. The Morgan fingerprint density at radius 2 is 2.11 bits per heavy atom. The number of anilines is 2. The quantitative estimate of drug-likeness (QED) is 0.312. The first-order chi connectivity index (χ1) is 12.8. The minimum atomic E-state index is -1.18. The van der Waals surface area contributed by atoms with E-state index in [0.29, 0.717) is 18.7 Å². The van der Waals surface area contributed by atoms with Crippen LogP contribution in [0.5, 0.6) is 0 Å². The molecule has 1 aliphatic heterocycles. The first-order valence-electron chi connectivity index (χ1n) is 8.23. The number of carboxylic acid groups (broad SMARTS) is 1. The molecule has 11 heteroatoms. The van der Waals surface area contributed by atoms with Crippen LogP contribution in [0.15, 0.2) is 18.2 Å². The van der Waals surface area contributed by atoms with Crippen LogP contribution in [0.25, 0.3) is 0 Å². The lowest BCUT2D eigenvalue weighted by Crippen LogP contribution is -2.52. The number of ether oxygens (including phenoxy) is 1. The summed E-state index contributed by atoms with van der Waals surface area (Å²) in [6.07, 6.45) is -0.698. The van der Waals surface area contributed by atoms with Crippen molar-refractivity contribution in [3.63, 3.8) is 0 Å². The van der Waals surface area contributed by atoms with Crippen molar-refractivity contribution in [3.8, 4) is 0 Å². The molecule has 0 unspecified atom stereocenters. The maximum atomic E-state index is 12.2. The highest BCUT2D eigenvalue weighted by molar-refractivity contribution is 5.97. The average molecular weight is 380 g/mol. The van der Waals surface area contributed by atoms with Crippen LogP contribution in [0.2, 0.25) is 0 Å².